The molecule has 1 saturated heterocycles. The minimum absolute atomic E-state index is 0.139. The van der Waals surface area contributed by atoms with Gasteiger partial charge in [-0.15, -0.1) is 0 Å². The van der Waals surface area contributed by atoms with Crippen LogP contribution in [0.4, 0.5) is 11.4 Å². The summed E-state index contributed by atoms with van der Waals surface area (Å²) in [5.74, 6) is 0.625. The van der Waals surface area contributed by atoms with Crippen LogP contribution in [-0.2, 0) is 0 Å². The fraction of sp³-hybridized carbons (Fsp3) is 0.318. The first-order valence-corrected chi connectivity index (χ1v) is 9.56. The fourth-order valence-electron chi connectivity index (χ4n) is 3.68. The van der Waals surface area contributed by atoms with Crippen LogP contribution in [0.5, 0.6) is 5.75 Å². The fourth-order valence-corrected chi connectivity index (χ4v) is 3.68. The smallest absolute Gasteiger partial charge is 0.272 e. The summed E-state index contributed by atoms with van der Waals surface area (Å²) in [6, 6.07) is 13.9. The van der Waals surface area contributed by atoms with Crippen molar-refractivity contribution < 1.29 is 9.53 Å². The normalized spacial score (nSPS) is 15.0. The molecular weight excluding hydrogens is 352 g/mol. The number of carbonyl (C=O) groups is 1. The number of likely N-dealkylation sites (N-methyl/N-ethyl adjacent to an activating group) is 1. The maximum atomic E-state index is 12.8. The number of fused-ring (bicyclic) bond motifs is 1. The molecule has 28 heavy (non-hydrogen) atoms. The van der Waals surface area contributed by atoms with Crippen molar-refractivity contribution in [1.29, 1.82) is 0 Å². The summed E-state index contributed by atoms with van der Waals surface area (Å²) in [5, 5.41) is 4.02. The molecular formula is C22H26N4O2. The van der Waals surface area contributed by atoms with Crippen LogP contribution < -0.4 is 15.0 Å². The van der Waals surface area contributed by atoms with Crippen LogP contribution >= 0.6 is 0 Å². The molecule has 1 aliphatic heterocycles. The molecule has 2 heterocycles. The van der Waals surface area contributed by atoms with Crippen LogP contribution in [0, 0.1) is 6.92 Å². The highest BCUT2D eigenvalue weighted by Gasteiger charge is 2.17. The van der Waals surface area contributed by atoms with Crippen molar-refractivity contribution in [3.63, 3.8) is 0 Å². The highest BCUT2D eigenvalue weighted by atomic mass is 16.5. The first-order valence-electron chi connectivity index (χ1n) is 9.56. The lowest BCUT2D eigenvalue weighted by molar-refractivity contribution is 0.102. The van der Waals surface area contributed by atoms with Crippen LogP contribution in [-0.4, -0.2) is 56.1 Å². The highest BCUT2D eigenvalue weighted by molar-refractivity contribution is 6.08. The minimum atomic E-state index is -0.139. The molecule has 0 bridgehead atoms. The lowest BCUT2D eigenvalue weighted by Crippen LogP contribution is -2.44. The molecule has 0 unspecified atom stereocenters. The van der Waals surface area contributed by atoms with Gasteiger partial charge >= 0.3 is 0 Å². The number of amides is 1. The Morgan fingerprint density at radius 2 is 1.79 bits per heavy atom. The lowest BCUT2D eigenvalue weighted by atomic mass is 10.1. The van der Waals surface area contributed by atoms with Crippen LogP contribution in [0.2, 0.25) is 0 Å². The Morgan fingerprint density at radius 3 is 2.46 bits per heavy atom. The molecule has 146 valence electrons. The number of piperazine rings is 1. The number of aromatic amines is 1. The molecule has 0 radical (unpaired) electrons. The molecule has 1 amide bonds. The van der Waals surface area contributed by atoms with E-state index in [0.717, 1.165) is 54.1 Å². The van der Waals surface area contributed by atoms with Crippen molar-refractivity contribution in [2.45, 2.75) is 6.92 Å². The van der Waals surface area contributed by atoms with Crippen molar-refractivity contribution in [3.8, 4) is 5.75 Å². The summed E-state index contributed by atoms with van der Waals surface area (Å²) in [7, 11) is 3.79. The van der Waals surface area contributed by atoms with Crippen molar-refractivity contribution in [2.75, 3.05) is 50.6 Å². The quantitative estimate of drug-likeness (QED) is 0.730. The van der Waals surface area contributed by atoms with E-state index in [1.54, 1.807) is 7.11 Å². The van der Waals surface area contributed by atoms with Crippen LogP contribution in [0.25, 0.3) is 10.9 Å². The third-order valence-electron chi connectivity index (χ3n) is 5.49. The van der Waals surface area contributed by atoms with Gasteiger partial charge in [0.25, 0.3) is 5.91 Å². The topological polar surface area (TPSA) is 60.6 Å². The molecule has 6 nitrogen and oxygen atoms in total. The molecule has 0 spiro atoms. The van der Waals surface area contributed by atoms with Gasteiger partial charge in [-0.1, -0.05) is 0 Å². The van der Waals surface area contributed by atoms with Crippen LogP contribution in [0.3, 0.4) is 0 Å². The summed E-state index contributed by atoms with van der Waals surface area (Å²) in [5.41, 5.74) is 4.39. The number of aromatic nitrogens is 1. The predicted octanol–water partition coefficient (Wildman–Crippen LogP) is 3.49. The van der Waals surface area contributed by atoms with E-state index < -0.39 is 0 Å². The van der Waals surface area contributed by atoms with Gasteiger partial charge in [-0.25, -0.2) is 0 Å². The first-order chi connectivity index (χ1) is 13.5. The van der Waals surface area contributed by atoms with E-state index in [2.05, 4.69) is 39.3 Å². The monoisotopic (exact) mass is 378 g/mol. The first kappa shape index (κ1) is 18.4. The van der Waals surface area contributed by atoms with Gasteiger partial charge in [0.05, 0.1) is 7.11 Å². The number of ether oxygens (including phenoxy) is 1. The lowest BCUT2D eigenvalue weighted by Gasteiger charge is -2.34. The van der Waals surface area contributed by atoms with E-state index in [4.69, 9.17) is 4.74 Å². The Hall–Kier alpha value is -2.99. The van der Waals surface area contributed by atoms with E-state index in [1.807, 2.05) is 37.3 Å². The molecule has 6 heteroatoms. The van der Waals surface area contributed by atoms with Gasteiger partial charge in [0.15, 0.2) is 0 Å². The number of carbonyl (C=O) groups excluding carboxylic acids is 1. The number of methoxy groups -OCH3 is 1. The van der Waals surface area contributed by atoms with Gasteiger partial charge in [-0.2, -0.15) is 0 Å². The molecule has 1 aliphatic rings. The van der Waals surface area contributed by atoms with Crippen LogP contribution in [0.15, 0.2) is 42.5 Å². The summed E-state index contributed by atoms with van der Waals surface area (Å²) >= 11 is 0. The summed E-state index contributed by atoms with van der Waals surface area (Å²) < 4.78 is 5.27. The standard InChI is InChI=1S/C22H26N4O2/c1-15-19-9-8-18(28-3)14-20(19)24-21(15)22(27)23-16-4-6-17(7-5-16)26-12-10-25(2)11-13-26/h4-9,14,24H,10-13H2,1-3H3,(H,23,27). The van der Waals surface area contributed by atoms with E-state index in [9.17, 15) is 4.79 Å². The zero-order chi connectivity index (χ0) is 19.7. The SMILES string of the molecule is COc1ccc2c(C)c(C(=O)Nc3ccc(N4CCN(C)CC4)cc3)[nH]c2c1. The predicted molar refractivity (Wildman–Crippen MR) is 114 cm³/mol. The van der Waals surface area contributed by atoms with Crippen molar-refractivity contribution in [1.82, 2.24) is 9.88 Å². The van der Waals surface area contributed by atoms with Crippen molar-refractivity contribution >= 4 is 28.2 Å². The highest BCUT2D eigenvalue weighted by Crippen LogP contribution is 2.26. The number of anilines is 2. The number of hydrogen-bond acceptors (Lipinski definition) is 4. The number of nitrogens with zero attached hydrogens (tertiary/aromatic N) is 2. The number of nitrogens with one attached hydrogen (secondary N) is 2. The molecule has 2 aromatic carbocycles. The van der Waals surface area contributed by atoms with E-state index >= 15 is 0 Å². The second-order valence-electron chi connectivity index (χ2n) is 7.33. The van der Waals surface area contributed by atoms with E-state index in [-0.39, 0.29) is 5.91 Å². The number of aryl methyl sites for hydroxylation is 1. The molecule has 0 aliphatic carbocycles. The Kier molecular flexibility index (Phi) is 4.96. The number of hydrogen-bond donors (Lipinski definition) is 2. The van der Waals surface area contributed by atoms with Crippen LogP contribution in [0.1, 0.15) is 16.1 Å². The second-order valence-corrected chi connectivity index (χ2v) is 7.33. The average Bonchev–Trinajstić information content (AvgIpc) is 3.05. The zero-order valence-electron chi connectivity index (χ0n) is 16.6. The van der Waals surface area contributed by atoms with Gasteiger partial charge < -0.3 is 24.8 Å². The molecule has 0 saturated carbocycles. The van der Waals surface area contributed by atoms with Gasteiger partial charge in [-0.3, -0.25) is 4.79 Å². The number of rotatable bonds is 4. The molecule has 3 aromatic rings. The van der Waals surface area contributed by atoms with E-state index in [1.165, 1.54) is 5.69 Å². The van der Waals surface area contributed by atoms with Gasteiger partial charge in [0.1, 0.15) is 11.4 Å². The summed E-state index contributed by atoms with van der Waals surface area (Å²) in [6.45, 7) is 6.16. The maximum Gasteiger partial charge on any atom is 0.272 e. The third kappa shape index (κ3) is 3.55. The Labute approximate surface area is 165 Å². The number of H-pyrrole nitrogens is 1. The summed E-state index contributed by atoms with van der Waals surface area (Å²) in [6.07, 6.45) is 0. The summed E-state index contributed by atoms with van der Waals surface area (Å²) in [4.78, 5) is 20.7. The molecule has 1 aromatic heterocycles. The molecule has 0 atom stereocenters. The van der Waals surface area contributed by atoms with E-state index in [0.29, 0.717) is 5.69 Å². The number of benzene rings is 2. The Morgan fingerprint density at radius 1 is 1.07 bits per heavy atom. The van der Waals surface area contributed by atoms with Gasteiger partial charge in [0.2, 0.25) is 0 Å². The minimum Gasteiger partial charge on any atom is -0.497 e. The largest absolute Gasteiger partial charge is 0.497 e. The second kappa shape index (κ2) is 7.56. The van der Waals surface area contributed by atoms with Gasteiger partial charge in [0, 0.05) is 54.5 Å². The zero-order valence-corrected chi connectivity index (χ0v) is 16.6. The molecule has 2 N–H and O–H groups in total. The molecule has 1 fully saturated rings. The third-order valence-corrected chi connectivity index (χ3v) is 5.49. The van der Waals surface area contributed by atoms with Gasteiger partial charge in [-0.05, 0) is 55.9 Å². The van der Waals surface area contributed by atoms with Crippen molar-refractivity contribution in [2.24, 2.45) is 0 Å². The molecule has 4 rings (SSSR count). The van der Waals surface area contributed by atoms with Crippen molar-refractivity contribution in [3.05, 3.63) is 53.7 Å². The Bertz CT molecular complexity index is 986. The average molecular weight is 378 g/mol. The Balaban J connectivity index is 1.49. The maximum absolute atomic E-state index is 12.8.